The lowest BCUT2D eigenvalue weighted by atomic mass is 9.93. The highest BCUT2D eigenvalue weighted by molar-refractivity contribution is 4.85. The van der Waals surface area contributed by atoms with Crippen LogP contribution in [0.5, 0.6) is 0 Å². The first kappa shape index (κ1) is 12.7. The fraction of sp³-hybridized carbons (Fsp3) is 0.846. The quantitative estimate of drug-likeness (QED) is 0.706. The molecule has 0 amide bonds. The van der Waals surface area contributed by atoms with E-state index in [0.717, 1.165) is 19.4 Å². The van der Waals surface area contributed by atoms with Crippen LogP contribution in [0.15, 0.2) is 12.7 Å². The summed E-state index contributed by atoms with van der Waals surface area (Å²) in [5.74, 6) is 0.634. The van der Waals surface area contributed by atoms with Crippen LogP contribution in [0.2, 0.25) is 0 Å². The summed E-state index contributed by atoms with van der Waals surface area (Å²) >= 11 is 0. The molecule has 1 rings (SSSR count). The molecule has 0 aromatic rings. The molecule has 0 radical (unpaired) electrons. The van der Waals surface area contributed by atoms with Gasteiger partial charge in [-0.25, -0.2) is 0 Å². The Bertz CT molecular complexity index is 193. The maximum absolute atomic E-state index is 9.36. The first-order valence-corrected chi connectivity index (χ1v) is 6.18. The lowest BCUT2D eigenvalue weighted by molar-refractivity contribution is 0.0401. The summed E-state index contributed by atoms with van der Waals surface area (Å²) in [7, 11) is 0. The average Bonchev–Trinajstić information content (AvgIpc) is 2.28. The zero-order chi connectivity index (χ0) is 11.3. The van der Waals surface area contributed by atoms with Crippen molar-refractivity contribution in [2.75, 3.05) is 13.2 Å². The number of likely N-dealkylation sites (tertiary alicyclic amines) is 1. The standard InChI is InChI=1S/C13H25NO/c1-4-7-11(2)12(3)14-9-6-5-8-13(14)10-15/h4,11-13,15H,1,5-10H2,2-3H3. The fourth-order valence-electron chi connectivity index (χ4n) is 2.54. The summed E-state index contributed by atoms with van der Waals surface area (Å²) in [4.78, 5) is 2.48. The molecule has 15 heavy (non-hydrogen) atoms. The summed E-state index contributed by atoms with van der Waals surface area (Å²) in [6, 6.07) is 0.946. The van der Waals surface area contributed by atoms with Crippen molar-refractivity contribution < 1.29 is 5.11 Å². The van der Waals surface area contributed by atoms with Crippen molar-refractivity contribution in [3.8, 4) is 0 Å². The van der Waals surface area contributed by atoms with Gasteiger partial charge < -0.3 is 5.11 Å². The predicted octanol–water partition coefficient (Wildman–Crippen LogP) is 2.43. The van der Waals surface area contributed by atoms with Crippen molar-refractivity contribution in [1.82, 2.24) is 4.90 Å². The van der Waals surface area contributed by atoms with Crippen molar-refractivity contribution in [2.24, 2.45) is 5.92 Å². The topological polar surface area (TPSA) is 23.5 Å². The minimum absolute atomic E-state index is 0.311. The number of nitrogens with zero attached hydrogens (tertiary/aromatic N) is 1. The first-order valence-electron chi connectivity index (χ1n) is 6.18. The van der Waals surface area contributed by atoms with Crippen molar-refractivity contribution in [2.45, 2.75) is 51.6 Å². The fourth-order valence-corrected chi connectivity index (χ4v) is 2.54. The smallest absolute Gasteiger partial charge is 0.0586 e. The van der Waals surface area contributed by atoms with Crippen LogP contribution in [0.1, 0.15) is 39.5 Å². The van der Waals surface area contributed by atoms with E-state index in [4.69, 9.17) is 0 Å². The molecule has 2 heteroatoms. The van der Waals surface area contributed by atoms with Crippen LogP contribution in [0.3, 0.4) is 0 Å². The number of aliphatic hydroxyl groups excluding tert-OH is 1. The zero-order valence-corrected chi connectivity index (χ0v) is 10.2. The molecule has 1 aliphatic heterocycles. The molecule has 3 atom stereocenters. The largest absolute Gasteiger partial charge is 0.395 e. The summed E-state index contributed by atoms with van der Waals surface area (Å²) in [5.41, 5.74) is 0. The van der Waals surface area contributed by atoms with Crippen molar-refractivity contribution in [1.29, 1.82) is 0 Å². The zero-order valence-electron chi connectivity index (χ0n) is 10.2. The molecule has 0 bridgehead atoms. The maximum Gasteiger partial charge on any atom is 0.0586 e. The Hall–Kier alpha value is -0.340. The second-order valence-corrected chi connectivity index (χ2v) is 4.81. The molecule has 0 saturated carbocycles. The molecule has 1 heterocycles. The highest BCUT2D eigenvalue weighted by Gasteiger charge is 2.28. The number of piperidine rings is 1. The number of allylic oxidation sites excluding steroid dienone is 1. The van der Waals surface area contributed by atoms with Gasteiger partial charge in [-0.2, -0.15) is 0 Å². The summed E-state index contributed by atoms with van der Waals surface area (Å²) < 4.78 is 0. The third-order valence-corrected chi connectivity index (χ3v) is 3.77. The maximum atomic E-state index is 9.36. The minimum Gasteiger partial charge on any atom is -0.395 e. The second-order valence-electron chi connectivity index (χ2n) is 4.81. The Morgan fingerprint density at radius 2 is 2.20 bits per heavy atom. The summed E-state index contributed by atoms with van der Waals surface area (Å²) in [6.07, 6.45) is 6.77. The van der Waals surface area contributed by atoms with Crippen LogP contribution >= 0.6 is 0 Å². The van der Waals surface area contributed by atoms with E-state index >= 15 is 0 Å². The Morgan fingerprint density at radius 3 is 2.80 bits per heavy atom. The van der Waals surface area contributed by atoms with Gasteiger partial charge >= 0.3 is 0 Å². The van der Waals surface area contributed by atoms with Crippen LogP contribution in [-0.2, 0) is 0 Å². The molecule has 1 N–H and O–H groups in total. The van der Waals surface area contributed by atoms with Gasteiger partial charge in [-0.1, -0.05) is 19.4 Å². The molecule has 0 aromatic carbocycles. The molecule has 0 aromatic heterocycles. The first-order chi connectivity index (χ1) is 7.20. The third-order valence-electron chi connectivity index (χ3n) is 3.77. The van der Waals surface area contributed by atoms with Crippen molar-refractivity contribution in [3.63, 3.8) is 0 Å². The van der Waals surface area contributed by atoms with Gasteiger partial charge in [-0.3, -0.25) is 4.90 Å². The lowest BCUT2D eigenvalue weighted by Crippen LogP contribution is -2.49. The van der Waals surface area contributed by atoms with E-state index in [9.17, 15) is 5.11 Å². The van der Waals surface area contributed by atoms with E-state index in [1.165, 1.54) is 12.8 Å². The monoisotopic (exact) mass is 211 g/mol. The van der Waals surface area contributed by atoms with E-state index in [-0.39, 0.29) is 0 Å². The normalized spacial score (nSPS) is 27.3. The minimum atomic E-state index is 0.311. The van der Waals surface area contributed by atoms with Gasteiger partial charge in [0.1, 0.15) is 0 Å². The van der Waals surface area contributed by atoms with Crippen LogP contribution in [0.25, 0.3) is 0 Å². The molecule has 1 fully saturated rings. The second kappa shape index (κ2) is 6.29. The number of aliphatic hydroxyl groups is 1. The highest BCUT2D eigenvalue weighted by Crippen LogP contribution is 2.24. The predicted molar refractivity (Wildman–Crippen MR) is 64.9 cm³/mol. The van der Waals surface area contributed by atoms with Crippen LogP contribution in [0.4, 0.5) is 0 Å². The van der Waals surface area contributed by atoms with Crippen molar-refractivity contribution in [3.05, 3.63) is 12.7 Å². The number of rotatable bonds is 5. The molecule has 1 aliphatic rings. The molecular formula is C13H25NO. The van der Waals surface area contributed by atoms with Crippen molar-refractivity contribution >= 4 is 0 Å². The molecule has 0 spiro atoms. The van der Waals surface area contributed by atoms with Gasteiger partial charge in [0.05, 0.1) is 6.61 Å². The van der Waals surface area contributed by atoms with Gasteiger partial charge in [0, 0.05) is 12.1 Å². The molecule has 88 valence electrons. The van der Waals surface area contributed by atoms with Gasteiger partial charge in [0.15, 0.2) is 0 Å². The van der Waals surface area contributed by atoms with Crippen LogP contribution in [-0.4, -0.2) is 35.2 Å². The SMILES string of the molecule is C=CCC(C)C(C)N1CCCCC1CO. The Balaban J connectivity index is 2.54. The summed E-state index contributed by atoms with van der Waals surface area (Å²) in [5, 5.41) is 9.36. The van der Waals surface area contributed by atoms with E-state index in [2.05, 4.69) is 25.3 Å². The van der Waals surface area contributed by atoms with Gasteiger partial charge in [-0.15, -0.1) is 6.58 Å². The van der Waals surface area contributed by atoms with E-state index in [0.29, 0.717) is 24.6 Å². The van der Waals surface area contributed by atoms with Gasteiger partial charge in [0.2, 0.25) is 0 Å². The van der Waals surface area contributed by atoms with Gasteiger partial charge in [-0.05, 0) is 38.6 Å². The molecule has 0 aliphatic carbocycles. The van der Waals surface area contributed by atoms with Crippen LogP contribution in [0, 0.1) is 5.92 Å². The lowest BCUT2D eigenvalue weighted by Gasteiger charge is -2.41. The van der Waals surface area contributed by atoms with Gasteiger partial charge in [0.25, 0.3) is 0 Å². The van der Waals surface area contributed by atoms with Crippen LogP contribution < -0.4 is 0 Å². The summed E-state index contributed by atoms with van der Waals surface area (Å²) in [6.45, 7) is 9.81. The molecule has 2 nitrogen and oxygen atoms in total. The average molecular weight is 211 g/mol. The molecule has 3 unspecified atom stereocenters. The highest BCUT2D eigenvalue weighted by atomic mass is 16.3. The number of hydrogen-bond donors (Lipinski definition) is 1. The Labute approximate surface area is 94.0 Å². The Kier molecular flexibility index (Phi) is 5.34. The van der Waals surface area contributed by atoms with E-state index in [1.54, 1.807) is 0 Å². The van der Waals surface area contributed by atoms with E-state index in [1.807, 2.05) is 6.08 Å². The third kappa shape index (κ3) is 3.32. The van der Waals surface area contributed by atoms with E-state index < -0.39 is 0 Å². The molecule has 1 saturated heterocycles. The number of hydrogen-bond acceptors (Lipinski definition) is 2. The molecular weight excluding hydrogens is 186 g/mol. The Morgan fingerprint density at radius 1 is 1.47 bits per heavy atom.